The molecule has 1 aliphatic heterocycles. The van der Waals surface area contributed by atoms with Crippen LogP contribution in [0.2, 0.25) is 0 Å². The summed E-state index contributed by atoms with van der Waals surface area (Å²) in [5, 5.41) is 4.54. The Morgan fingerprint density at radius 2 is 2.06 bits per heavy atom. The number of rotatable bonds is 8. The fourth-order valence-electron chi connectivity index (χ4n) is 4.16. The lowest BCUT2D eigenvalue weighted by atomic mass is 9.97. The number of aromatic nitrogens is 2. The van der Waals surface area contributed by atoms with Crippen LogP contribution in [-0.2, 0) is 45.5 Å². The summed E-state index contributed by atoms with van der Waals surface area (Å²) in [6.45, 7) is 2.80. The van der Waals surface area contributed by atoms with Crippen LogP contribution in [0.4, 0.5) is 5.82 Å². The minimum atomic E-state index is -1.44. The highest BCUT2D eigenvalue weighted by atomic mass is 32.2. The molecule has 2 aromatic heterocycles. The molecule has 3 heterocycles. The van der Waals surface area contributed by atoms with Crippen molar-refractivity contribution in [1.29, 1.82) is 0 Å². The van der Waals surface area contributed by atoms with Crippen molar-refractivity contribution in [2.75, 3.05) is 24.5 Å². The highest BCUT2D eigenvalue weighted by Gasteiger charge is 2.22. The quantitative estimate of drug-likeness (QED) is 0.480. The van der Waals surface area contributed by atoms with E-state index in [0.29, 0.717) is 12.4 Å². The molecule has 0 saturated heterocycles. The van der Waals surface area contributed by atoms with Crippen LogP contribution in [0.1, 0.15) is 41.6 Å². The first-order valence-corrected chi connectivity index (χ1v) is 13.4. The van der Waals surface area contributed by atoms with E-state index in [1.807, 2.05) is 18.2 Å². The Labute approximate surface area is 198 Å². The molecule has 1 unspecified atom stereocenters. The van der Waals surface area contributed by atoms with E-state index in [2.05, 4.69) is 5.32 Å². The van der Waals surface area contributed by atoms with Crippen molar-refractivity contribution in [1.82, 2.24) is 9.97 Å². The third-order valence-electron chi connectivity index (χ3n) is 5.63. The Hall–Kier alpha value is -2.72. The van der Waals surface area contributed by atoms with Gasteiger partial charge in [-0.3, -0.25) is 9.00 Å². The maximum absolute atomic E-state index is 12.5. The second-order valence-electron chi connectivity index (χ2n) is 7.95. The lowest BCUT2D eigenvalue weighted by Gasteiger charge is -2.13. The SMILES string of the molecule is CCOC(=O)CS(=O)Cc1nc(NCc2ccc3c(c2)OCO3)c2c3c(sc2n1)CCCC3. The summed E-state index contributed by atoms with van der Waals surface area (Å²) in [7, 11) is -1.44. The molecule has 8 nitrogen and oxygen atoms in total. The minimum Gasteiger partial charge on any atom is -0.465 e. The molecule has 1 N–H and O–H groups in total. The van der Waals surface area contributed by atoms with E-state index in [9.17, 15) is 9.00 Å². The number of anilines is 1. The van der Waals surface area contributed by atoms with Gasteiger partial charge in [0, 0.05) is 22.2 Å². The maximum Gasteiger partial charge on any atom is 0.318 e. The second kappa shape index (κ2) is 9.64. The van der Waals surface area contributed by atoms with Gasteiger partial charge in [0.05, 0.1) is 17.7 Å². The lowest BCUT2D eigenvalue weighted by molar-refractivity contribution is -0.139. The average molecular weight is 488 g/mol. The number of ether oxygens (including phenoxy) is 3. The van der Waals surface area contributed by atoms with Crippen molar-refractivity contribution < 1.29 is 23.2 Å². The predicted octanol–water partition coefficient (Wildman–Crippen LogP) is 3.72. The fraction of sp³-hybridized carbons (Fsp3) is 0.435. The first kappa shape index (κ1) is 22.1. The molecule has 10 heteroatoms. The highest BCUT2D eigenvalue weighted by Crippen LogP contribution is 2.39. The van der Waals surface area contributed by atoms with E-state index in [4.69, 9.17) is 24.2 Å². The number of carbonyl (C=O) groups is 1. The number of carbonyl (C=O) groups excluding carboxylic acids is 1. The predicted molar refractivity (Wildman–Crippen MR) is 127 cm³/mol. The number of fused-ring (bicyclic) bond motifs is 4. The largest absolute Gasteiger partial charge is 0.465 e. The van der Waals surface area contributed by atoms with E-state index in [0.717, 1.165) is 52.4 Å². The molecule has 0 bridgehead atoms. The number of aryl methyl sites for hydroxylation is 2. The molecule has 3 aromatic rings. The Kier molecular flexibility index (Phi) is 6.45. The molecule has 0 radical (unpaired) electrons. The Morgan fingerprint density at radius 3 is 2.94 bits per heavy atom. The third kappa shape index (κ3) is 4.81. The van der Waals surface area contributed by atoms with Crippen molar-refractivity contribution in [3.63, 3.8) is 0 Å². The number of esters is 1. The van der Waals surface area contributed by atoms with E-state index in [-0.39, 0.29) is 24.9 Å². The molecule has 0 saturated carbocycles. The van der Waals surface area contributed by atoms with E-state index >= 15 is 0 Å². The monoisotopic (exact) mass is 487 g/mol. The maximum atomic E-state index is 12.5. The molecule has 1 atom stereocenters. The van der Waals surface area contributed by atoms with Crippen LogP contribution in [0.25, 0.3) is 10.2 Å². The summed E-state index contributed by atoms with van der Waals surface area (Å²) in [5.74, 6) is 2.19. The zero-order valence-corrected chi connectivity index (χ0v) is 20.0. The molecule has 174 valence electrons. The van der Waals surface area contributed by atoms with Crippen LogP contribution in [-0.4, -0.2) is 39.3 Å². The molecular weight excluding hydrogens is 462 g/mol. The van der Waals surface area contributed by atoms with Gasteiger partial charge in [-0.25, -0.2) is 9.97 Å². The summed E-state index contributed by atoms with van der Waals surface area (Å²) in [6.07, 6.45) is 4.42. The van der Waals surface area contributed by atoms with Crippen LogP contribution >= 0.6 is 11.3 Å². The molecule has 2 aliphatic rings. The van der Waals surface area contributed by atoms with E-state index < -0.39 is 16.8 Å². The van der Waals surface area contributed by atoms with Crippen molar-refractivity contribution in [2.45, 2.75) is 44.9 Å². The summed E-state index contributed by atoms with van der Waals surface area (Å²) in [6, 6.07) is 5.87. The minimum absolute atomic E-state index is 0.107. The van der Waals surface area contributed by atoms with Crippen molar-refractivity contribution in [3.8, 4) is 11.5 Å². The van der Waals surface area contributed by atoms with Crippen LogP contribution in [0, 0.1) is 0 Å². The van der Waals surface area contributed by atoms with Crippen molar-refractivity contribution in [3.05, 3.63) is 40.0 Å². The topological polar surface area (TPSA) is 99.6 Å². The van der Waals surface area contributed by atoms with Gasteiger partial charge < -0.3 is 19.5 Å². The van der Waals surface area contributed by atoms with Gasteiger partial charge in [0.15, 0.2) is 11.5 Å². The smallest absolute Gasteiger partial charge is 0.318 e. The van der Waals surface area contributed by atoms with Crippen LogP contribution < -0.4 is 14.8 Å². The van der Waals surface area contributed by atoms with Gasteiger partial charge in [0.25, 0.3) is 0 Å². The number of nitrogens with one attached hydrogen (secondary N) is 1. The normalized spacial score (nSPS) is 15.3. The van der Waals surface area contributed by atoms with Crippen LogP contribution in [0.15, 0.2) is 18.2 Å². The average Bonchev–Trinajstić information content (AvgIpc) is 3.41. The van der Waals surface area contributed by atoms with Gasteiger partial charge in [-0.15, -0.1) is 11.3 Å². The second-order valence-corrected chi connectivity index (χ2v) is 10.5. The Morgan fingerprint density at radius 1 is 1.21 bits per heavy atom. The molecular formula is C23H25N3O5S2. The van der Waals surface area contributed by atoms with Gasteiger partial charge in [0.2, 0.25) is 6.79 Å². The van der Waals surface area contributed by atoms with E-state index in [1.165, 1.54) is 16.9 Å². The van der Waals surface area contributed by atoms with Gasteiger partial charge in [0.1, 0.15) is 22.2 Å². The molecule has 0 amide bonds. The summed E-state index contributed by atoms with van der Waals surface area (Å²) < 4.78 is 28.3. The summed E-state index contributed by atoms with van der Waals surface area (Å²) in [4.78, 5) is 23.5. The van der Waals surface area contributed by atoms with Crippen LogP contribution in [0.5, 0.6) is 11.5 Å². The van der Waals surface area contributed by atoms with Crippen molar-refractivity contribution >= 4 is 44.1 Å². The Bertz CT molecular complexity index is 1230. The molecule has 1 aliphatic carbocycles. The summed E-state index contributed by atoms with van der Waals surface area (Å²) >= 11 is 1.70. The molecule has 0 spiro atoms. The Balaban J connectivity index is 1.42. The first-order chi connectivity index (χ1) is 16.1. The number of benzene rings is 1. The standard InChI is InChI=1S/C23H25N3O5S2/c1-2-29-20(27)12-33(28)11-19-25-22(21-15-5-3-4-6-18(15)32-23(21)26-19)24-10-14-7-8-16-17(9-14)31-13-30-16/h7-9H,2-6,10-13H2,1H3,(H,24,25,26). The highest BCUT2D eigenvalue weighted by molar-refractivity contribution is 7.84. The van der Waals surface area contributed by atoms with Crippen molar-refractivity contribution in [2.24, 2.45) is 0 Å². The van der Waals surface area contributed by atoms with Crippen LogP contribution in [0.3, 0.4) is 0 Å². The fourth-order valence-corrected chi connectivity index (χ4v) is 6.31. The first-order valence-electron chi connectivity index (χ1n) is 11.0. The summed E-state index contributed by atoms with van der Waals surface area (Å²) in [5.41, 5.74) is 2.37. The molecule has 0 fully saturated rings. The third-order valence-corrected chi connectivity index (χ3v) is 7.96. The molecule has 5 rings (SSSR count). The van der Waals surface area contributed by atoms with Gasteiger partial charge in [-0.2, -0.15) is 0 Å². The van der Waals surface area contributed by atoms with E-state index in [1.54, 1.807) is 18.3 Å². The van der Waals surface area contributed by atoms with Gasteiger partial charge in [-0.1, -0.05) is 6.07 Å². The number of hydrogen-bond donors (Lipinski definition) is 1. The number of hydrogen-bond acceptors (Lipinski definition) is 9. The number of nitrogens with zero attached hydrogens (tertiary/aromatic N) is 2. The zero-order chi connectivity index (χ0) is 22.8. The van der Waals surface area contributed by atoms with Gasteiger partial charge in [-0.05, 0) is 55.9 Å². The van der Waals surface area contributed by atoms with Gasteiger partial charge >= 0.3 is 5.97 Å². The lowest BCUT2D eigenvalue weighted by Crippen LogP contribution is -2.16. The molecule has 1 aromatic carbocycles. The number of thiophene rings is 1. The zero-order valence-electron chi connectivity index (χ0n) is 18.3. The molecule has 33 heavy (non-hydrogen) atoms.